The Balaban J connectivity index is 1.26. The number of anilines is 1. The van der Waals surface area contributed by atoms with Gasteiger partial charge in [-0.3, -0.25) is 4.90 Å². The fraction of sp³-hybridized carbons (Fsp3) is 0.471. The molecule has 0 aromatic heterocycles. The molecule has 0 bridgehead atoms. The molecule has 202 valence electrons. The van der Waals surface area contributed by atoms with Crippen molar-refractivity contribution in [1.29, 1.82) is 0 Å². The number of hydrogen-bond donors (Lipinski definition) is 2. The van der Waals surface area contributed by atoms with Crippen molar-refractivity contribution in [1.82, 2.24) is 10.2 Å². The molecule has 1 fully saturated rings. The number of nitrogens with zero attached hydrogens (tertiary/aromatic N) is 1. The quantitative estimate of drug-likeness (QED) is 0.361. The number of nitrogens with two attached hydrogens (primary N) is 1. The summed E-state index contributed by atoms with van der Waals surface area (Å²) in [6, 6.07) is 22.4. The molecular weight excluding hydrogens is 466 g/mol. The number of nitrogens with one attached hydrogen (secondary N) is 1. The predicted octanol–water partition coefficient (Wildman–Crippen LogP) is 6.72. The van der Waals surface area contributed by atoms with E-state index >= 15 is 0 Å². The second-order valence-electron chi connectivity index (χ2n) is 12.8. The highest BCUT2D eigenvalue weighted by molar-refractivity contribution is 5.68. The van der Waals surface area contributed by atoms with Gasteiger partial charge in [-0.1, -0.05) is 81.4 Å². The molecule has 0 saturated carbocycles. The minimum absolute atomic E-state index is 0.0146. The Morgan fingerprint density at radius 3 is 2.03 bits per heavy atom. The number of fused-ring (bicyclic) bond motifs is 1. The molecule has 5 rings (SSSR count). The van der Waals surface area contributed by atoms with Crippen molar-refractivity contribution in [2.75, 3.05) is 25.4 Å². The predicted molar refractivity (Wildman–Crippen MR) is 159 cm³/mol. The van der Waals surface area contributed by atoms with Gasteiger partial charge in [0.15, 0.2) is 0 Å². The largest absolute Gasteiger partial charge is 0.485 e. The molecule has 2 aliphatic rings. The van der Waals surface area contributed by atoms with Gasteiger partial charge in [-0.05, 0) is 74.4 Å². The van der Waals surface area contributed by atoms with Crippen LogP contribution in [-0.2, 0) is 11.8 Å². The Kier molecular flexibility index (Phi) is 7.32. The summed E-state index contributed by atoms with van der Waals surface area (Å²) < 4.78 is 6.87. The number of hydrogen-bond acceptors (Lipinski definition) is 4. The van der Waals surface area contributed by atoms with E-state index < -0.39 is 0 Å². The maximum Gasteiger partial charge on any atom is 0.127 e. The Hall–Kier alpha value is -2.82. The molecule has 2 aliphatic heterocycles. The molecule has 2 heterocycles. The second-order valence-corrected chi connectivity index (χ2v) is 12.8. The third-order valence-corrected chi connectivity index (χ3v) is 8.60. The first-order valence-electron chi connectivity index (χ1n) is 14.2. The van der Waals surface area contributed by atoms with Gasteiger partial charge < -0.3 is 15.8 Å². The van der Waals surface area contributed by atoms with Crippen LogP contribution in [0.25, 0.3) is 0 Å². The van der Waals surface area contributed by atoms with Gasteiger partial charge in [-0.2, -0.15) is 0 Å². The van der Waals surface area contributed by atoms with Crippen LogP contribution in [0.1, 0.15) is 80.0 Å². The van der Waals surface area contributed by atoms with Gasteiger partial charge in [0.25, 0.3) is 0 Å². The standard InChI is InChI=1S/C34H45N3O/c1-23-28-21-34(6,38-32(28)29(33(3,4)5)24(2)30(23)35)22-37-19-17-27(18-20-37)36-31(25-13-9-7-10-14-25)26-15-11-8-12-16-26/h7-16,27,31,36H,17-22,35H2,1-6H3. The minimum atomic E-state index is -0.232. The van der Waals surface area contributed by atoms with Crippen molar-refractivity contribution in [2.24, 2.45) is 0 Å². The summed E-state index contributed by atoms with van der Waals surface area (Å²) in [6.45, 7) is 16.5. The minimum Gasteiger partial charge on any atom is -0.485 e. The summed E-state index contributed by atoms with van der Waals surface area (Å²) in [6.07, 6.45) is 3.19. The van der Waals surface area contributed by atoms with Crippen molar-refractivity contribution in [2.45, 2.75) is 83.9 Å². The van der Waals surface area contributed by atoms with Gasteiger partial charge in [-0.15, -0.1) is 0 Å². The monoisotopic (exact) mass is 511 g/mol. The molecule has 0 spiro atoms. The molecule has 1 unspecified atom stereocenters. The molecule has 1 atom stereocenters. The highest BCUT2D eigenvalue weighted by Crippen LogP contribution is 2.48. The van der Waals surface area contributed by atoms with Crippen LogP contribution in [0, 0.1) is 13.8 Å². The fourth-order valence-corrected chi connectivity index (χ4v) is 6.69. The smallest absolute Gasteiger partial charge is 0.127 e. The number of nitrogen functional groups attached to an aromatic ring is 1. The lowest BCUT2D eigenvalue weighted by Crippen LogP contribution is -2.50. The molecule has 3 aromatic carbocycles. The van der Waals surface area contributed by atoms with E-state index in [4.69, 9.17) is 10.5 Å². The molecular formula is C34H45N3O. The van der Waals surface area contributed by atoms with Crippen molar-refractivity contribution < 1.29 is 4.74 Å². The summed E-state index contributed by atoms with van der Waals surface area (Å²) in [4.78, 5) is 2.60. The highest BCUT2D eigenvalue weighted by atomic mass is 16.5. The molecule has 38 heavy (non-hydrogen) atoms. The van der Waals surface area contributed by atoms with Gasteiger partial charge in [-0.25, -0.2) is 0 Å². The first-order valence-corrected chi connectivity index (χ1v) is 14.2. The lowest BCUT2D eigenvalue weighted by Gasteiger charge is -2.38. The Labute approximate surface area is 229 Å². The molecule has 0 amide bonds. The van der Waals surface area contributed by atoms with Gasteiger partial charge in [0.05, 0.1) is 6.04 Å². The van der Waals surface area contributed by atoms with Gasteiger partial charge in [0.2, 0.25) is 0 Å². The Morgan fingerprint density at radius 2 is 1.50 bits per heavy atom. The number of ether oxygens (including phenoxy) is 1. The first kappa shape index (κ1) is 26.8. The third kappa shape index (κ3) is 5.34. The van der Waals surface area contributed by atoms with E-state index in [1.54, 1.807) is 0 Å². The van der Waals surface area contributed by atoms with Gasteiger partial charge >= 0.3 is 0 Å². The van der Waals surface area contributed by atoms with Crippen LogP contribution < -0.4 is 15.8 Å². The fourth-order valence-electron chi connectivity index (χ4n) is 6.69. The molecule has 4 heteroatoms. The zero-order valence-corrected chi connectivity index (χ0v) is 24.1. The Bertz CT molecular complexity index is 1220. The van der Waals surface area contributed by atoms with Crippen LogP contribution in [0.4, 0.5) is 5.69 Å². The average molecular weight is 512 g/mol. The van der Waals surface area contributed by atoms with E-state index in [0.29, 0.717) is 6.04 Å². The van der Waals surface area contributed by atoms with Crippen LogP contribution in [0.15, 0.2) is 60.7 Å². The molecule has 3 aromatic rings. The summed E-state index contributed by atoms with van der Waals surface area (Å²) in [5.41, 5.74) is 14.9. The molecule has 4 nitrogen and oxygen atoms in total. The molecule has 0 radical (unpaired) electrons. The second kappa shape index (κ2) is 10.4. The van der Waals surface area contributed by atoms with Crippen LogP contribution in [0.2, 0.25) is 0 Å². The summed E-state index contributed by atoms with van der Waals surface area (Å²) in [7, 11) is 0. The van der Waals surface area contributed by atoms with Crippen LogP contribution in [-0.4, -0.2) is 36.2 Å². The van der Waals surface area contributed by atoms with Crippen molar-refractivity contribution in [3.8, 4) is 5.75 Å². The lowest BCUT2D eigenvalue weighted by atomic mass is 9.80. The summed E-state index contributed by atoms with van der Waals surface area (Å²) in [5.74, 6) is 1.09. The van der Waals surface area contributed by atoms with Crippen LogP contribution in [0.3, 0.4) is 0 Å². The topological polar surface area (TPSA) is 50.5 Å². The highest BCUT2D eigenvalue weighted by Gasteiger charge is 2.42. The van der Waals surface area contributed by atoms with E-state index in [2.05, 4.69) is 112 Å². The third-order valence-electron chi connectivity index (χ3n) is 8.60. The first-order chi connectivity index (χ1) is 18.1. The van der Waals surface area contributed by atoms with Crippen molar-refractivity contribution in [3.63, 3.8) is 0 Å². The number of piperidine rings is 1. The van der Waals surface area contributed by atoms with Crippen molar-refractivity contribution in [3.05, 3.63) is 94.0 Å². The number of benzene rings is 3. The Morgan fingerprint density at radius 1 is 0.947 bits per heavy atom. The maximum atomic E-state index is 6.87. The SMILES string of the molecule is Cc1c(N)c(C)c(C(C)(C)C)c2c1CC(C)(CN1CCC(NC(c3ccccc3)c3ccccc3)CC1)O2. The normalized spacial score (nSPS) is 20.5. The lowest BCUT2D eigenvalue weighted by molar-refractivity contribution is 0.0494. The van der Waals surface area contributed by atoms with E-state index in [0.717, 1.165) is 50.3 Å². The molecule has 1 saturated heterocycles. The van der Waals surface area contributed by atoms with Crippen LogP contribution in [0.5, 0.6) is 5.75 Å². The number of likely N-dealkylation sites (tertiary alicyclic amines) is 1. The van der Waals surface area contributed by atoms with Crippen LogP contribution >= 0.6 is 0 Å². The average Bonchev–Trinajstić information content (AvgIpc) is 3.23. The van der Waals surface area contributed by atoms with E-state index in [1.165, 1.54) is 33.4 Å². The summed E-state index contributed by atoms with van der Waals surface area (Å²) >= 11 is 0. The van der Waals surface area contributed by atoms with Gasteiger partial charge in [0, 0.05) is 35.8 Å². The molecule has 0 aliphatic carbocycles. The van der Waals surface area contributed by atoms with Crippen molar-refractivity contribution >= 4 is 5.69 Å². The number of rotatable bonds is 6. The van der Waals surface area contributed by atoms with E-state index in [1.807, 2.05) is 0 Å². The van der Waals surface area contributed by atoms with Gasteiger partial charge in [0.1, 0.15) is 11.4 Å². The van der Waals surface area contributed by atoms with E-state index in [-0.39, 0.29) is 17.1 Å². The zero-order valence-electron chi connectivity index (χ0n) is 24.1. The summed E-state index contributed by atoms with van der Waals surface area (Å²) in [5, 5.41) is 4.00. The molecule has 3 N–H and O–H groups in total. The van der Waals surface area contributed by atoms with E-state index in [9.17, 15) is 0 Å². The zero-order chi connectivity index (χ0) is 27.1. The maximum absolute atomic E-state index is 6.87.